The second-order valence-electron chi connectivity index (χ2n) is 3.86. The fourth-order valence-corrected chi connectivity index (χ4v) is 1.66. The summed E-state index contributed by atoms with van der Waals surface area (Å²) in [6.07, 6.45) is 0. The monoisotopic (exact) mass is 233 g/mol. The first-order valence-corrected chi connectivity index (χ1v) is 4.99. The van der Waals surface area contributed by atoms with Crippen molar-refractivity contribution in [2.24, 2.45) is 0 Å². The number of aromatic nitrogens is 1. The minimum absolute atomic E-state index is 0.0841. The lowest BCUT2D eigenvalue weighted by Crippen LogP contribution is -1.91. The molecule has 0 aliphatic rings. The van der Waals surface area contributed by atoms with Gasteiger partial charge >= 0.3 is 5.97 Å². The molecule has 0 aliphatic carbocycles. The Morgan fingerprint density at radius 1 is 1.29 bits per heavy atom. The van der Waals surface area contributed by atoms with E-state index in [1.807, 2.05) is 13.0 Å². The molecule has 17 heavy (non-hydrogen) atoms. The quantitative estimate of drug-likeness (QED) is 0.831. The molecule has 5 heteroatoms. The Balaban J connectivity index is 2.56. The highest BCUT2D eigenvalue weighted by Gasteiger charge is 2.16. The summed E-state index contributed by atoms with van der Waals surface area (Å²) < 4.78 is 4.65. The lowest BCUT2D eigenvalue weighted by molar-refractivity contribution is 0.0652. The molecule has 0 saturated carbocycles. The van der Waals surface area contributed by atoms with Crippen LogP contribution in [0.25, 0.3) is 11.3 Å². The van der Waals surface area contributed by atoms with Crippen LogP contribution < -0.4 is 0 Å². The molecule has 5 nitrogen and oxygen atoms in total. The third kappa shape index (κ3) is 1.99. The topological polar surface area (TPSA) is 83.6 Å². The molecule has 88 valence electrons. The maximum atomic E-state index is 10.7. The molecular formula is C12H11NO4. The first-order chi connectivity index (χ1) is 7.99. The first-order valence-electron chi connectivity index (χ1n) is 4.99. The van der Waals surface area contributed by atoms with Crippen LogP contribution in [0.5, 0.6) is 5.75 Å². The number of carboxylic acid groups (broad SMARTS) is 1. The number of hydrogen-bond donors (Lipinski definition) is 2. The Hall–Kier alpha value is -2.30. The highest BCUT2D eigenvalue weighted by Crippen LogP contribution is 2.32. The normalized spacial score (nSPS) is 10.5. The van der Waals surface area contributed by atoms with Gasteiger partial charge in [0.2, 0.25) is 5.76 Å². The van der Waals surface area contributed by atoms with Crippen LogP contribution in [0.2, 0.25) is 0 Å². The Labute approximate surface area is 97.3 Å². The SMILES string of the molecule is Cc1cc(C)c(O)c(-c2cc(C(=O)O)on2)c1. The maximum absolute atomic E-state index is 10.7. The number of phenols is 1. The van der Waals surface area contributed by atoms with Crippen molar-refractivity contribution in [3.63, 3.8) is 0 Å². The Bertz CT molecular complexity index is 586. The van der Waals surface area contributed by atoms with Crippen molar-refractivity contribution in [1.29, 1.82) is 0 Å². The first kappa shape index (κ1) is 11.2. The van der Waals surface area contributed by atoms with E-state index in [0.717, 1.165) is 5.56 Å². The van der Waals surface area contributed by atoms with E-state index < -0.39 is 5.97 Å². The van der Waals surface area contributed by atoms with E-state index in [0.29, 0.717) is 16.8 Å². The molecular weight excluding hydrogens is 222 g/mol. The van der Waals surface area contributed by atoms with Gasteiger partial charge in [-0.15, -0.1) is 0 Å². The Morgan fingerprint density at radius 3 is 2.59 bits per heavy atom. The average molecular weight is 233 g/mol. The zero-order chi connectivity index (χ0) is 12.6. The summed E-state index contributed by atoms with van der Waals surface area (Å²) in [6.45, 7) is 3.65. The summed E-state index contributed by atoms with van der Waals surface area (Å²) >= 11 is 0. The molecule has 0 spiro atoms. The van der Waals surface area contributed by atoms with Gasteiger partial charge in [0.1, 0.15) is 11.4 Å². The zero-order valence-corrected chi connectivity index (χ0v) is 9.39. The van der Waals surface area contributed by atoms with Crippen molar-refractivity contribution < 1.29 is 19.5 Å². The summed E-state index contributed by atoms with van der Waals surface area (Å²) in [5, 5.41) is 22.3. The van der Waals surface area contributed by atoms with E-state index in [2.05, 4.69) is 9.68 Å². The lowest BCUT2D eigenvalue weighted by Gasteiger charge is -2.05. The van der Waals surface area contributed by atoms with Crippen molar-refractivity contribution in [1.82, 2.24) is 5.16 Å². The van der Waals surface area contributed by atoms with Gasteiger partial charge < -0.3 is 14.7 Å². The van der Waals surface area contributed by atoms with Gasteiger partial charge in [-0.3, -0.25) is 0 Å². The van der Waals surface area contributed by atoms with Gasteiger partial charge in [0, 0.05) is 11.6 Å². The van der Waals surface area contributed by atoms with Crippen molar-refractivity contribution in [2.75, 3.05) is 0 Å². The molecule has 0 radical (unpaired) electrons. The number of carbonyl (C=O) groups is 1. The number of aromatic hydroxyl groups is 1. The number of hydrogen-bond acceptors (Lipinski definition) is 4. The average Bonchev–Trinajstić information content (AvgIpc) is 2.72. The van der Waals surface area contributed by atoms with Crippen LogP contribution in [0.1, 0.15) is 21.7 Å². The molecule has 0 aliphatic heterocycles. The smallest absolute Gasteiger partial charge is 0.374 e. The van der Waals surface area contributed by atoms with Gasteiger partial charge in [-0.25, -0.2) is 4.79 Å². The van der Waals surface area contributed by atoms with Crippen LogP contribution >= 0.6 is 0 Å². The van der Waals surface area contributed by atoms with E-state index in [1.165, 1.54) is 6.07 Å². The number of phenolic OH excluding ortho intramolecular Hbond substituents is 1. The largest absolute Gasteiger partial charge is 0.507 e. The minimum Gasteiger partial charge on any atom is -0.507 e. The molecule has 2 N–H and O–H groups in total. The number of rotatable bonds is 2. The van der Waals surface area contributed by atoms with E-state index in [4.69, 9.17) is 5.11 Å². The molecule has 1 heterocycles. The molecule has 2 rings (SSSR count). The summed E-state index contributed by atoms with van der Waals surface area (Å²) in [6, 6.07) is 4.85. The highest BCUT2D eigenvalue weighted by molar-refractivity contribution is 5.86. The molecule has 0 bridgehead atoms. The third-order valence-electron chi connectivity index (χ3n) is 2.44. The molecule has 0 fully saturated rings. The zero-order valence-electron chi connectivity index (χ0n) is 9.39. The molecule has 2 aromatic rings. The van der Waals surface area contributed by atoms with Gasteiger partial charge in [0.05, 0.1) is 0 Å². The second-order valence-corrected chi connectivity index (χ2v) is 3.86. The van der Waals surface area contributed by atoms with Crippen LogP contribution in [0, 0.1) is 13.8 Å². The molecule has 1 aromatic carbocycles. The molecule has 0 atom stereocenters. The maximum Gasteiger partial charge on any atom is 0.374 e. The predicted molar refractivity (Wildman–Crippen MR) is 60.0 cm³/mol. The van der Waals surface area contributed by atoms with Crippen LogP contribution in [0.15, 0.2) is 22.7 Å². The van der Waals surface area contributed by atoms with Gasteiger partial charge in [-0.1, -0.05) is 11.2 Å². The predicted octanol–water partition coefficient (Wildman–Crippen LogP) is 2.36. The number of nitrogens with zero attached hydrogens (tertiary/aromatic N) is 1. The van der Waals surface area contributed by atoms with Crippen LogP contribution in [0.3, 0.4) is 0 Å². The fourth-order valence-electron chi connectivity index (χ4n) is 1.66. The molecule has 0 unspecified atom stereocenters. The van der Waals surface area contributed by atoms with Crippen molar-refractivity contribution in [3.05, 3.63) is 35.1 Å². The van der Waals surface area contributed by atoms with Gasteiger partial charge in [-0.05, 0) is 31.0 Å². The Morgan fingerprint density at radius 2 is 2.00 bits per heavy atom. The minimum atomic E-state index is -1.19. The van der Waals surface area contributed by atoms with Crippen LogP contribution in [-0.2, 0) is 0 Å². The van der Waals surface area contributed by atoms with E-state index in [9.17, 15) is 9.90 Å². The van der Waals surface area contributed by atoms with Gasteiger partial charge in [-0.2, -0.15) is 0 Å². The third-order valence-corrected chi connectivity index (χ3v) is 2.44. The molecule has 1 aromatic heterocycles. The lowest BCUT2D eigenvalue weighted by atomic mass is 10.0. The number of aromatic carboxylic acids is 1. The highest BCUT2D eigenvalue weighted by atomic mass is 16.5. The number of benzene rings is 1. The van der Waals surface area contributed by atoms with Gasteiger partial charge in [0.25, 0.3) is 0 Å². The van der Waals surface area contributed by atoms with Crippen molar-refractivity contribution in [2.45, 2.75) is 13.8 Å². The summed E-state index contributed by atoms with van der Waals surface area (Å²) in [5.74, 6) is -1.35. The summed E-state index contributed by atoms with van der Waals surface area (Å²) in [5.41, 5.74) is 2.44. The van der Waals surface area contributed by atoms with Gasteiger partial charge in [0.15, 0.2) is 0 Å². The van der Waals surface area contributed by atoms with E-state index >= 15 is 0 Å². The van der Waals surface area contributed by atoms with Crippen molar-refractivity contribution in [3.8, 4) is 17.0 Å². The number of carboxylic acids is 1. The standard InChI is InChI=1S/C12H11NO4/c1-6-3-7(2)11(14)8(4-6)9-5-10(12(15)16)17-13-9/h3-5,14H,1-2H3,(H,15,16). The number of aryl methyl sites for hydroxylation is 2. The van der Waals surface area contributed by atoms with E-state index in [1.54, 1.807) is 13.0 Å². The molecule has 0 saturated heterocycles. The second kappa shape index (κ2) is 3.93. The van der Waals surface area contributed by atoms with E-state index in [-0.39, 0.29) is 11.5 Å². The molecule has 0 amide bonds. The summed E-state index contributed by atoms with van der Waals surface area (Å²) in [7, 11) is 0. The van der Waals surface area contributed by atoms with Crippen LogP contribution in [0.4, 0.5) is 0 Å². The fraction of sp³-hybridized carbons (Fsp3) is 0.167. The van der Waals surface area contributed by atoms with Crippen molar-refractivity contribution >= 4 is 5.97 Å². The van der Waals surface area contributed by atoms with Crippen LogP contribution in [-0.4, -0.2) is 21.3 Å². The Kier molecular flexibility index (Phi) is 2.59. The summed E-state index contributed by atoms with van der Waals surface area (Å²) in [4.78, 5) is 10.7.